The second-order valence-corrected chi connectivity index (χ2v) is 3.38. The van der Waals surface area contributed by atoms with Crippen LogP contribution >= 0.6 is 0 Å². The van der Waals surface area contributed by atoms with Crippen molar-refractivity contribution in [1.82, 2.24) is 5.32 Å². The van der Waals surface area contributed by atoms with Crippen molar-refractivity contribution in [2.45, 2.75) is 13.5 Å². The Morgan fingerprint density at radius 3 is 2.50 bits per heavy atom. The van der Waals surface area contributed by atoms with Gasteiger partial charge < -0.3 is 5.32 Å². The van der Waals surface area contributed by atoms with Gasteiger partial charge in [-0.1, -0.05) is 12.1 Å². The summed E-state index contributed by atoms with van der Waals surface area (Å²) in [5.74, 6) is -0.926. The Morgan fingerprint density at radius 2 is 2.00 bits per heavy atom. The highest BCUT2D eigenvalue weighted by atomic mass is 16.1. The molecule has 0 aliphatic rings. The van der Waals surface area contributed by atoms with E-state index in [1.807, 2.05) is 12.1 Å². The molecule has 80 valence electrons. The molecule has 4 heteroatoms. The van der Waals surface area contributed by atoms with Gasteiger partial charge in [-0.15, -0.1) is 0 Å². The van der Waals surface area contributed by atoms with Crippen LogP contribution in [0.2, 0.25) is 0 Å². The Balaban J connectivity index is 2.53. The fourth-order valence-electron chi connectivity index (χ4n) is 1.10. The molecule has 0 saturated carbocycles. The summed E-state index contributed by atoms with van der Waals surface area (Å²) in [7, 11) is 0. The summed E-state index contributed by atoms with van der Waals surface area (Å²) < 4.78 is 0. The monoisotopic (exact) mass is 213 g/mol. The lowest BCUT2D eigenvalue weighted by Crippen LogP contribution is -2.27. The third kappa shape index (κ3) is 3.11. The maximum atomic E-state index is 11.3. The molecule has 16 heavy (non-hydrogen) atoms. The Bertz CT molecular complexity index is 451. The third-order valence-corrected chi connectivity index (χ3v) is 2.14. The Labute approximate surface area is 94.1 Å². The van der Waals surface area contributed by atoms with Crippen LogP contribution in [-0.4, -0.2) is 5.91 Å². The molecule has 1 amide bonds. The van der Waals surface area contributed by atoms with Gasteiger partial charge in [-0.25, -0.2) is 0 Å². The molecule has 0 spiro atoms. The summed E-state index contributed by atoms with van der Waals surface area (Å²) in [4.78, 5) is 11.3. The van der Waals surface area contributed by atoms with Gasteiger partial charge in [0.05, 0.1) is 17.7 Å². The van der Waals surface area contributed by atoms with Gasteiger partial charge >= 0.3 is 0 Å². The molecule has 0 saturated heterocycles. The minimum Gasteiger partial charge on any atom is -0.351 e. The van der Waals surface area contributed by atoms with Crippen molar-refractivity contribution in [2.24, 2.45) is 5.92 Å². The van der Waals surface area contributed by atoms with Crippen LogP contribution in [0.25, 0.3) is 0 Å². The lowest BCUT2D eigenvalue weighted by molar-refractivity contribution is -0.123. The number of nitrogens with one attached hydrogen (secondary N) is 1. The van der Waals surface area contributed by atoms with Gasteiger partial charge in [0.1, 0.15) is 5.92 Å². The molecule has 0 aliphatic carbocycles. The lowest BCUT2D eigenvalue weighted by atomic mass is 10.1. The van der Waals surface area contributed by atoms with E-state index in [1.54, 1.807) is 31.2 Å². The van der Waals surface area contributed by atoms with Gasteiger partial charge in [-0.05, 0) is 24.6 Å². The van der Waals surface area contributed by atoms with E-state index < -0.39 is 5.92 Å². The molecule has 1 atom stereocenters. The smallest absolute Gasteiger partial charge is 0.237 e. The molecule has 0 heterocycles. The van der Waals surface area contributed by atoms with Gasteiger partial charge in [-0.3, -0.25) is 4.79 Å². The number of amides is 1. The van der Waals surface area contributed by atoms with Crippen molar-refractivity contribution in [2.75, 3.05) is 0 Å². The predicted molar refractivity (Wildman–Crippen MR) is 57.8 cm³/mol. The first-order valence-corrected chi connectivity index (χ1v) is 4.83. The Kier molecular flexibility index (Phi) is 4.06. The Morgan fingerprint density at radius 1 is 1.38 bits per heavy atom. The number of carbonyl (C=O) groups excluding carboxylic acids is 1. The number of carbonyl (C=O) groups is 1. The number of hydrogen-bond donors (Lipinski definition) is 1. The largest absolute Gasteiger partial charge is 0.351 e. The molecular formula is C12H11N3O. The molecule has 0 fully saturated rings. The zero-order chi connectivity index (χ0) is 12.0. The maximum absolute atomic E-state index is 11.3. The summed E-state index contributed by atoms with van der Waals surface area (Å²) in [6.07, 6.45) is 0. The minimum atomic E-state index is -0.640. The highest BCUT2D eigenvalue weighted by molar-refractivity contribution is 5.80. The molecule has 1 unspecified atom stereocenters. The van der Waals surface area contributed by atoms with E-state index in [2.05, 4.69) is 5.32 Å². The average Bonchev–Trinajstić information content (AvgIpc) is 2.35. The van der Waals surface area contributed by atoms with E-state index in [1.165, 1.54) is 0 Å². The molecule has 1 N–H and O–H groups in total. The van der Waals surface area contributed by atoms with E-state index in [9.17, 15) is 4.79 Å². The summed E-state index contributed by atoms with van der Waals surface area (Å²) in [6.45, 7) is 1.92. The third-order valence-electron chi connectivity index (χ3n) is 2.14. The summed E-state index contributed by atoms with van der Waals surface area (Å²) in [5, 5.41) is 19.8. The molecule has 0 radical (unpaired) electrons. The van der Waals surface area contributed by atoms with Crippen molar-refractivity contribution >= 4 is 5.91 Å². The molecular weight excluding hydrogens is 202 g/mol. The number of nitriles is 2. The van der Waals surface area contributed by atoms with Crippen LogP contribution in [0.5, 0.6) is 0 Å². The Hall–Kier alpha value is -2.33. The molecule has 4 nitrogen and oxygen atoms in total. The first-order chi connectivity index (χ1) is 7.67. The average molecular weight is 213 g/mol. The van der Waals surface area contributed by atoms with Crippen molar-refractivity contribution in [3.63, 3.8) is 0 Å². The lowest BCUT2D eigenvalue weighted by Gasteiger charge is -2.05. The van der Waals surface area contributed by atoms with E-state index in [-0.39, 0.29) is 5.91 Å². The van der Waals surface area contributed by atoms with Crippen LogP contribution in [0.1, 0.15) is 18.1 Å². The van der Waals surface area contributed by atoms with Crippen molar-refractivity contribution in [3.05, 3.63) is 35.4 Å². The van der Waals surface area contributed by atoms with E-state index in [4.69, 9.17) is 10.5 Å². The zero-order valence-electron chi connectivity index (χ0n) is 8.90. The van der Waals surface area contributed by atoms with E-state index in [0.29, 0.717) is 12.1 Å². The normalized spacial score (nSPS) is 10.9. The number of benzene rings is 1. The summed E-state index contributed by atoms with van der Waals surface area (Å²) in [5.41, 5.74) is 1.48. The fraction of sp³-hybridized carbons (Fsp3) is 0.250. The van der Waals surface area contributed by atoms with Crippen molar-refractivity contribution < 1.29 is 4.79 Å². The second kappa shape index (κ2) is 5.53. The molecule has 1 rings (SSSR count). The molecule has 0 aromatic heterocycles. The fourth-order valence-corrected chi connectivity index (χ4v) is 1.10. The number of nitrogens with zero attached hydrogens (tertiary/aromatic N) is 2. The van der Waals surface area contributed by atoms with Crippen LogP contribution < -0.4 is 5.32 Å². The van der Waals surface area contributed by atoms with Crippen molar-refractivity contribution in [1.29, 1.82) is 10.5 Å². The van der Waals surface area contributed by atoms with E-state index >= 15 is 0 Å². The summed E-state index contributed by atoms with van der Waals surface area (Å²) >= 11 is 0. The van der Waals surface area contributed by atoms with Crippen LogP contribution in [0.15, 0.2) is 24.3 Å². The molecule has 0 aliphatic heterocycles. The first kappa shape index (κ1) is 11.7. The molecule has 1 aromatic carbocycles. The van der Waals surface area contributed by atoms with Gasteiger partial charge in [0.15, 0.2) is 0 Å². The van der Waals surface area contributed by atoms with Crippen LogP contribution in [0.3, 0.4) is 0 Å². The van der Waals surface area contributed by atoms with Crippen LogP contribution in [0.4, 0.5) is 0 Å². The predicted octanol–water partition coefficient (Wildman–Crippen LogP) is 1.33. The van der Waals surface area contributed by atoms with Gasteiger partial charge in [0.25, 0.3) is 0 Å². The quantitative estimate of drug-likeness (QED) is 0.822. The second-order valence-electron chi connectivity index (χ2n) is 3.38. The highest BCUT2D eigenvalue weighted by Crippen LogP contribution is 2.03. The van der Waals surface area contributed by atoms with Gasteiger partial charge in [-0.2, -0.15) is 10.5 Å². The summed E-state index contributed by atoms with van der Waals surface area (Å²) in [6, 6.07) is 10.8. The molecule has 0 bridgehead atoms. The topological polar surface area (TPSA) is 76.7 Å². The van der Waals surface area contributed by atoms with Gasteiger partial charge in [0.2, 0.25) is 5.91 Å². The van der Waals surface area contributed by atoms with Gasteiger partial charge in [0, 0.05) is 6.54 Å². The number of rotatable bonds is 3. The van der Waals surface area contributed by atoms with E-state index in [0.717, 1.165) is 5.56 Å². The number of hydrogen-bond acceptors (Lipinski definition) is 3. The van der Waals surface area contributed by atoms with Crippen LogP contribution in [-0.2, 0) is 11.3 Å². The standard InChI is InChI=1S/C12H11N3O/c1-9(6-13)12(16)15-8-11-4-2-10(7-14)3-5-11/h2-5,9H,8H2,1H3,(H,15,16). The minimum absolute atomic E-state index is 0.285. The maximum Gasteiger partial charge on any atom is 0.237 e. The SMILES string of the molecule is CC(C#N)C(=O)NCc1ccc(C#N)cc1. The van der Waals surface area contributed by atoms with Crippen molar-refractivity contribution in [3.8, 4) is 12.1 Å². The molecule has 1 aromatic rings. The highest BCUT2D eigenvalue weighted by Gasteiger charge is 2.10. The first-order valence-electron chi connectivity index (χ1n) is 4.83. The van der Waals surface area contributed by atoms with Crippen LogP contribution in [0, 0.1) is 28.6 Å². The zero-order valence-corrected chi connectivity index (χ0v) is 8.90.